The first-order chi connectivity index (χ1) is 10.6. The van der Waals surface area contributed by atoms with E-state index in [2.05, 4.69) is 29.7 Å². The summed E-state index contributed by atoms with van der Waals surface area (Å²) in [5.74, 6) is 1.91. The van der Waals surface area contributed by atoms with Gasteiger partial charge in [0.2, 0.25) is 0 Å². The van der Waals surface area contributed by atoms with E-state index in [-0.39, 0.29) is 11.5 Å². The second kappa shape index (κ2) is 4.83. The van der Waals surface area contributed by atoms with Gasteiger partial charge in [0.1, 0.15) is 17.0 Å². The Morgan fingerprint density at radius 1 is 1.27 bits per heavy atom. The zero-order chi connectivity index (χ0) is 15.3. The number of rotatable bonds is 1. The molecule has 112 valence electrons. The molecule has 1 fully saturated rings. The molecule has 2 atom stereocenters. The number of benzene rings is 2. The number of hydrogen-bond donors (Lipinski definition) is 0. The molecule has 2 aromatic rings. The third-order valence-electron chi connectivity index (χ3n) is 4.78. The van der Waals surface area contributed by atoms with E-state index in [1.54, 1.807) is 0 Å². The lowest BCUT2D eigenvalue weighted by Crippen LogP contribution is -2.31. The van der Waals surface area contributed by atoms with Crippen LogP contribution in [0.2, 0.25) is 5.02 Å². The summed E-state index contributed by atoms with van der Waals surface area (Å²) in [7, 11) is 2.12. The molecule has 4 heteroatoms. The molecule has 2 aromatic carbocycles. The van der Waals surface area contributed by atoms with Gasteiger partial charge in [-0.25, -0.2) is 0 Å². The minimum atomic E-state index is -0.388. The minimum absolute atomic E-state index is 0.187. The standard InChI is InChI=1S/C18H17ClN2O/c1-20-18-11-21(2)10-15(18)13-9-12(19)7-8-16(13)22-17-6-4-3-5-14(17)18/h3-9,15H,1,10-11H2,2H3. The van der Waals surface area contributed by atoms with Gasteiger partial charge in [0.25, 0.3) is 0 Å². The average Bonchev–Trinajstić information content (AvgIpc) is 2.82. The van der Waals surface area contributed by atoms with Crippen molar-refractivity contribution in [1.29, 1.82) is 0 Å². The topological polar surface area (TPSA) is 24.8 Å². The van der Waals surface area contributed by atoms with Gasteiger partial charge in [-0.15, -0.1) is 0 Å². The van der Waals surface area contributed by atoms with Crippen LogP contribution in [0, 0.1) is 0 Å². The zero-order valence-corrected chi connectivity index (χ0v) is 13.2. The highest BCUT2D eigenvalue weighted by molar-refractivity contribution is 6.30. The Bertz CT molecular complexity index is 761. The maximum absolute atomic E-state index is 6.24. The van der Waals surface area contributed by atoms with Gasteiger partial charge in [0.05, 0.1) is 0 Å². The average molecular weight is 313 g/mol. The molecule has 0 bridgehead atoms. The van der Waals surface area contributed by atoms with E-state index in [9.17, 15) is 0 Å². The second-order valence-corrected chi connectivity index (χ2v) is 6.55. The van der Waals surface area contributed by atoms with Crippen LogP contribution in [-0.2, 0) is 5.54 Å². The van der Waals surface area contributed by atoms with Gasteiger partial charge in [-0.2, -0.15) is 0 Å². The van der Waals surface area contributed by atoms with Crippen LogP contribution in [0.3, 0.4) is 0 Å². The van der Waals surface area contributed by atoms with Crippen molar-refractivity contribution in [3.63, 3.8) is 0 Å². The molecule has 0 aliphatic carbocycles. The lowest BCUT2D eigenvalue weighted by atomic mass is 9.77. The largest absolute Gasteiger partial charge is 0.457 e. The summed E-state index contributed by atoms with van der Waals surface area (Å²) >= 11 is 6.24. The molecule has 2 aliphatic heterocycles. The van der Waals surface area contributed by atoms with Gasteiger partial charge in [-0.3, -0.25) is 4.99 Å². The van der Waals surface area contributed by atoms with E-state index < -0.39 is 0 Å². The van der Waals surface area contributed by atoms with E-state index >= 15 is 0 Å². The Kier molecular flexibility index (Phi) is 3.03. The highest BCUT2D eigenvalue weighted by atomic mass is 35.5. The summed E-state index contributed by atoms with van der Waals surface area (Å²) in [6.07, 6.45) is 0. The maximum atomic E-state index is 6.24. The number of halogens is 1. The highest BCUT2D eigenvalue weighted by Crippen LogP contribution is 2.54. The molecule has 0 saturated carbocycles. The predicted molar refractivity (Wildman–Crippen MR) is 89.4 cm³/mol. The first-order valence-electron chi connectivity index (χ1n) is 7.37. The van der Waals surface area contributed by atoms with E-state index in [0.717, 1.165) is 40.7 Å². The Morgan fingerprint density at radius 2 is 2.09 bits per heavy atom. The van der Waals surface area contributed by atoms with Gasteiger partial charge in [0, 0.05) is 35.2 Å². The van der Waals surface area contributed by atoms with Crippen molar-refractivity contribution < 1.29 is 4.74 Å². The molecule has 2 heterocycles. The van der Waals surface area contributed by atoms with Crippen molar-refractivity contribution in [2.45, 2.75) is 11.5 Å². The fourth-order valence-electron chi connectivity index (χ4n) is 3.84. The number of nitrogens with zero attached hydrogens (tertiary/aromatic N) is 2. The fraction of sp³-hybridized carbons (Fsp3) is 0.278. The van der Waals surface area contributed by atoms with Crippen LogP contribution in [0.4, 0.5) is 0 Å². The summed E-state index contributed by atoms with van der Waals surface area (Å²) in [5, 5.41) is 0.723. The molecule has 0 N–H and O–H groups in total. The molecule has 2 aliphatic rings. The van der Waals surface area contributed by atoms with Gasteiger partial charge < -0.3 is 9.64 Å². The van der Waals surface area contributed by atoms with E-state index in [0.29, 0.717) is 0 Å². The molecular weight excluding hydrogens is 296 g/mol. The lowest BCUT2D eigenvalue weighted by molar-refractivity contribution is 0.368. The van der Waals surface area contributed by atoms with Gasteiger partial charge in [-0.05, 0) is 38.0 Å². The minimum Gasteiger partial charge on any atom is -0.457 e. The van der Waals surface area contributed by atoms with Crippen LogP contribution in [0.25, 0.3) is 0 Å². The van der Waals surface area contributed by atoms with Crippen LogP contribution < -0.4 is 4.74 Å². The monoisotopic (exact) mass is 312 g/mol. The van der Waals surface area contributed by atoms with Crippen LogP contribution in [0.15, 0.2) is 47.5 Å². The summed E-state index contributed by atoms with van der Waals surface area (Å²) < 4.78 is 6.19. The molecular formula is C18H17ClN2O. The number of hydrogen-bond acceptors (Lipinski definition) is 3. The normalized spacial score (nSPS) is 26.4. The van der Waals surface area contributed by atoms with Crippen LogP contribution in [-0.4, -0.2) is 31.8 Å². The summed E-state index contributed by atoms with van der Waals surface area (Å²) in [5.41, 5.74) is 1.83. The quantitative estimate of drug-likeness (QED) is 0.741. The number of aliphatic imine (C=N–C) groups is 1. The summed E-state index contributed by atoms with van der Waals surface area (Å²) in [4.78, 5) is 6.90. The highest BCUT2D eigenvalue weighted by Gasteiger charge is 2.50. The molecule has 1 saturated heterocycles. The van der Waals surface area contributed by atoms with E-state index in [1.165, 1.54) is 0 Å². The molecule has 0 aromatic heterocycles. The van der Waals surface area contributed by atoms with Gasteiger partial charge >= 0.3 is 0 Å². The van der Waals surface area contributed by atoms with Crippen LogP contribution in [0.5, 0.6) is 11.5 Å². The third kappa shape index (κ3) is 1.82. The van der Waals surface area contributed by atoms with Crippen molar-refractivity contribution in [2.75, 3.05) is 20.1 Å². The molecule has 0 spiro atoms. The number of ether oxygens (including phenoxy) is 1. The number of likely N-dealkylation sites (tertiary alicyclic amines) is 1. The van der Waals surface area contributed by atoms with Crippen molar-refractivity contribution in [2.24, 2.45) is 4.99 Å². The number of fused-ring (bicyclic) bond motifs is 5. The first kappa shape index (κ1) is 13.8. The van der Waals surface area contributed by atoms with Crippen molar-refractivity contribution in [3.05, 3.63) is 58.6 Å². The van der Waals surface area contributed by atoms with E-state index in [4.69, 9.17) is 16.3 Å². The molecule has 0 amide bonds. The first-order valence-corrected chi connectivity index (χ1v) is 7.75. The van der Waals surface area contributed by atoms with Crippen molar-refractivity contribution in [1.82, 2.24) is 4.90 Å². The van der Waals surface area contributed by atoms with E-state index in [1.807, 2.05) is 36.4 Å². The maximum Gasteiger partial charge on any atom is 0.133 e. The number of para-hydroxylation sites is 1. The van der Waals surface area contributed by atoms with Gasteiger partial charge in [0.15, 0.2) is 0 Å². The Morgan fingerprint density at radius 3 is 2.91 bits per heavy atom. The molecule has 2 unspecified atom stereocenters. The van der Waals surface area contributed by atoms with Crippen LogP contribution >= 0.6 is 11.6 Å². The van der Waals surface area contributed by atoms with Crippen molar-refractivity contribution in [3.8, 4) is 11.5 Å². The SMILES string of the molecule is C=NC12CN(C)CC1c1cc(Cl)ccc1Oc1ccccc12. The van der Waals surface area contributed by atoms with Gasteiger partial charge in [-0.1, -0.05) is 29.8 Å². The van der Waals surface area contributed by atoms with Crippen LogP contribution in [0.1, 0.15) is 17.0 Å². The second-order valence-electron chi connectivity index (χ2n) is 6.11. The summed E-state index contributed by atoms with van der Waals surface area (Å²) in [6, 6.07) is 14.0. The van der Waals surface area contributed by atoms with Crippen molar-refractivity contribution >= 4 is 18.3 Å². The zero-order valence-electron chi connectivity index (χ0n) is 12.4. The third-order valence-corrected chi connectivity index (χ3v) is 5.02. The molecule has 4 rings (SSSR count). The Hall–Kier alpha value is -1.84. The fourth-order valence-corrected chi connectivity index (χ4v) is 4.02. The Balaban J connectivity index is 2.04. The number of likely N-dealkylation sites (N-methyl/N-ethyl adjacent to an activating group) is 1. The smallest absolute Gasteiger partial charge is 0.133 e. The Labute approximate surface area is 135 Å². The molecule has 3 nitrogen and oxygen atoms in total. The summed E-state index contributed by atoms with van der Waals surface area (Å²) in [6.45, 7) is 5.66. The predicted octanol–water partition coefficient (Wildman–Crippen LogP) is 4.07. The molecule has 22 heavy (non-hydrogen) atoms. The molecule has 0 radical (unpaired) electrons. The lowest BCUT2D eigenvalue weighted by Gasteiger charge is -2.30.